The van der Waals surface area contributed by atoms with Gasteiger partial charge in [-0.2, -0.15) is 0 Å². The minimum atomic E-state index is -1.11. The van der Waals surface area contributed by atoms with Crippen molar-refractivity contribution in [2.45, 2.75) is 0 Å². The molecule has 3 N–H and O–H groups in total. The Hall–Kier alpha value is -4.50. The Labute approximate surface area is 192 Å². The van der Waals surface area contributed by atoms with Crippen molar-refractivity contribution in [3.05, 3.63) is 110 Å². The predicted octanol–water partition coefficient (Wildman–Crippen LogP) is 4.36. The number of benzene rings is 3. The molecule has 9 nitrogen and oxygen atoms in total. The van der Waals surface area contributed by atoms with Crippen LogP contribution in [0.1, 0.15) is 26.3 Å². The van der Waals surface area contributed by atoms with Crippen molar-refractivity contribution in [3.8, 4) is 0 Å². The molecule has 10 heteroatoms. The number of nitro benzene ring substituents is 1. The third-order valence-corrected chi connectivity index (χ3v) is 4.75. The number of anilines is 1. The Morgan fingerprint density at radius 3 is 2.15 bits per heavy atom. The number of nitrogens with one attached hydrogen (secondary N) is 2. The Bertz CT molecular complexity index is 1250. The van der Waals surface area contributed by atoms with Crippen molar-refractivity contribution in [1.82, 2.24) is 5.32 Å². The summed E-state index contributed by atoms with van der Waals surface area (Å²) in [5.41, 5.74) is 0.625. The van der Waals surface area contributed by atoms with Crippen molar-refractivity contribution in [2.75, 3.05) is 5.32 Å². The molecule has 33 heavy (non-hydrogen) atoms. The van der Waals surface area contributed by atoms with Crippen LogP contribution in [0.4, 0.5) is 11.4 Å². The van der Waals surface area contributed by atoms with Gasteiger partial charge in [-0.05, 0) is 60.2 Å². The zero-order valence-corrected chi connectivity index (χ0v) is 17.6. The minimum Gasteiger partial charge on any atom is -0.478 e. The smallest absolute Gasteiger partial charge is 0.335 e. The molecule has 166 valence electrons. The van der Waals surface area contributed by atoms with E-state index >= 15 is 0 Å². The van der Waals surface area contributed by atoms with Crippen molar-refractivity contribution in [3.63, 3.8) is 0 Å². The molecule has 0 aliphatic rings. The van der Waals surface area contributed by atoms with Gasteiger partial charge in [-0.3, -0.25) is 19.7 Å². The highest BCUT2D eigenvalue weighted by molar-refractivity contribution is 6.34. The fraction of sp³-hybridized carbons (Fsp3) is 0. The number of nitro groups is 1. The number of carboxylic acids is 1. The summed E-state index contributed by atoms with van der Waals surface area (Å²) in [6.07, 6.45) is 1.35. The second-order valence-corrected chi connectivity index (χ2v) is 7.08. The van der Waals surface area contributed by atoms with Crippen LogP contribution in [0.15, 0.2) is 78.5 Å². The summed E-state index contributed by atoms with van der Waals surface area (Å²) in [4.78, 5) is 46.9. The first-order valence-electron chi connectivity index (χ1n) is 9.41. The lowest BCUT2D eigenvalue weighted by molar-refractivity contribution is -0.384. The number of hydrogen-bond donors (Lipinski definition) is 3. The number of nitrogens with zero attached hydrogens (tertiary/aromatic N) is 1. The van der Waals surface area contributed by atoms with E-state index in [1.54, 1.807) is 12.1 Å². The minimum absolute atomic E-state index is 0.0432. The van der Waals surface area contributed by atoms with Crippen molar-refractivity contribution >= 4 is 46.8 Å². The molecular weight excluding hydrogens is 450 g/mol. The average molecular weight is 466 g/mol. The number of carbonyl (C=O) groups excluding carboxylic acids is 2. The molecule has 3 aromatic carbocycles. The summed E-state index contributed by atoms with van der Waals surface area (Å²) < 4.78 is 0. The summed E-state index contributed by atoms with van der Waals surface area (Å²) >= 11 is 6.07. The van der Waals surface area contributed by atoms with Gasteiger partial charge in [0.15, 0.2) is 0 Å². The second kappa shape index (κ2) is 10.2. The monoisotopic (exact) mass is 465 g/mol. The topological polar surface area (TPSA) is 139 Å². The summed E-state index contributed by atoms with van der Waals surface area (Å²) in [7, 11) is 0. The van der Waals surface area contributed by atoms with Crippen LogP contribution in [0, 0.1) is 10.1 Å². The fourth-order valence-corrected chi connectivity index (χ4v) is 2.97. The average Bonchev–Trinajstić information content (AvgIpc) is 2.79. The number of non-ortho nitro benzene ring substituents is 1. The molecule has 0 spiro atoms. The lowest BCUT2D eigenvalue weighted by atomic mass is 10.1. The Kier molecular flexibility index (Phi) is 7.17. The zero-order chi connectivity index (χ0) is 24.0. The van der Waals surface area contributed by atoms with Gasteiger partial charge < -0.3 is 15.7 Å². The van der Waals surface area contributed by atoms with Gasteiger partial charge in [0, 0.05) is 17.8 Å². The number of halogens is 1. The van der Waals surface area contributed by atoms with E-state index in [0.717, 1.165) is 0 Å². The molecule has 0 unspecified atom stereocenters. The van der Waals surface area contributed by atoms with E-state index in [0.29, 0.717) is 11.3 Å². The highest BCUT2D eigenvalue weighted by Gasteiger charge is 2.17. The molecule has 0 heterocycles. The molecule has 3 rings (SSSR count). The molecule has 0 atom stereocenters. The van der Waals surface area contributed by atoms with Crippen LogP contribution in [0.25, 0.3) is 6.08 Å². The maximum Gasteiger partial charge on any atom is 0.335 e. The molecule has 0 aromatic heterocycles. The third kappa shape index (κ3) is 6.02. The van der Waals surface area contributed by atoms with Crippen LogP contribution >= 0.6 is 11.6 Å². The molecule has 0 radical (unpaired) electrons. The van der Waals surface area contributed by atoms with Gasteiger partial charge in [0.05, 0.1) is 21.1 Å². The van der Waals surface area contributed by atoms with Crippen LogP contribution in [0.2, 0.25) is 5.02 Å². The van der Waals surface area contributed by atoms with E-state index in [9.17, 15) is 24.5 Å². The number of aromatic carboxylic acids is 1. The Morgan fingerprint density at radius 1 is 0.939 bits per heavy atom. The first-order chi connectivity index (χ1) is 15.7. The van der Waals surface area contributed by atoms with E-state index in [1.165, 1.54) is 66.7 Å². The van der Waals surface area contributed by atoms with Crippen molar-refractivity contribution in [1.29, 1.82) is 0 Å². The second-order valence-electron chi connectivity index (χ2n) is 6.68. The normalized spacial score (nSPS) is 10.9. The van der Waals surface area contributed by atoms with Gasteiger partial charge in [-0.15, -0.1) is 0 Å². The van der Waals surface area contributed by atoms with Gasteiger partial charge in [0.1, 0.15) is 5.70 Å². The first kappa shape index (κ1) is 23.2. The van der Waals surface area contributed by atoms with Gasteiger partial charge >= 0.3 is 5.97 Å². The van der Waals surface area contributed by atoms with Gasteiger partial charge in [-0.1, -0.05) is 23.7 Å². The van der Waals surface area contributed by atoms with Crippen molar-refractivity contribution in [2.24, 2.45) is 0 Å². The van der Waals surface area contributed by atoms with Crippen LogP contribution in [-0.2, 0) is 4.79 Å². The number of carboxylic acid groups (broad SMARTS) is 1. The Balaban J connectivity index is 1.90. The lowest BCUT2D eigenvalue weighted by Gasteiger charge is -2.12. The van der Waals surface area contributed by atoms with Crippen LogP contribution < -0.4 is 10.6 Å². The standard InChI is InChI=1S/C23H16ClN3O6/c24-19-4-2-1-3-18(19)21(28)26-20(13-14-5-11-17(12-6-14)27(32)33)22(29)25-16-9-7-15(8-10-16)23(30)31/h1-13H,(H,25,29)(H,26,28)(H,30,31). The largest absolute Gasteiger partial charge is 0.478 e. The summed E-state index contributed by atoms with van der Waals surface area (Å²) in [5, 5.41) is 25.1. The third-order valence-electron chi connectivity index (χ3n) is 4.42. The molecular formula is C23H16ClN3O6. The number of hydrogen-bond acceptors (Lipinski definition) is 5. The quantitative estimate of drug-likeness (QED) is 0.269. The molecule has 0 saturated carbocycles. The predicted molar refractivity (Wildman–Crippen MR) is 122 cm³/mol. The van der Waals surface area contributed by atoms with Gasteiger partial charge in [0.2, 0.25) is 0 Å². The van der Waals surface area contributed by atoms with Crippen LogP contribution in [0.5, 0.6) is 0 Å². The van der Waals surface area contributed by atoms with E-state index in [2.05, 4.69) is 10.6 Å². The first-order valence-corrected chi connectivity index (χ1v) is 9.79. The molecule has 3 aromatic rings. The molecule has 0 aliphatic heterocycles. The Morgan fingerprint density at radius 2 is 1.58 bits per heavy atom. The molecule has 0 fully saturated rings. The van der Waals surface area contributed by atoms with Crippen LogP contribution in [-0.4, -0.2) is 27.8 Å². The highest BCUT2D eigenvalue weighted by Crippen LogP contribution is 2.18. The highest BCUT2D eigenvalue weighted by atomic mass is 35.5. The van der Waals surface area contributed by atoms with E-state index in [1.807, 2.05) is 0 Å². The molecule has 0 aliphatic carbocycles. The number of carbonyl (C=O) groups is 3. The fourth-order valence-electron chi connectivity index (χ4n) is 2.75. The maximum absolute atomic E-state index is 12.9. The van der Waals surface area contributed by atoms with Crippen molar-refractivity contribution < 1.29 is 24.4 Å². The molecule has 0 saturated heterocycles. The van der Waals surface area contributed by atoms with Gasteiger partial charge in [0.25, 0.3) is 17.5 Å². The SMILES string of the molecule is O=C(Nc1ccc(C(=O)O)cc1)C(=Cc1ccc([N+](=O)[O-])cc1)NC(=O)c1ccccc1Cl. The summed E-state index contributed by atoms with van der Waals surface area (Å²) in [6.45, 7) is 0. The zero-order valence-electron chi connectivity index (χ0n) is 16.8. The van der Waals surface area contributed by atoms with E-state index < -0.39 is 22.7 Å². The van der Waals surface area contributed by atoms with E-state index in [4.69, 9.17) is 16.7 Å². The molecule has 2 amide bonds. The number of rotatable bonds is 7. The van der Waals surface area contributed by atoms with Crippen LogP contribution in [0.3, 0.4) is 0 Å². The molecule has 0 bridgehead atoms. The van der Waals surface area contributed by atoms with Gasteiger partial charge in [-0.25, -0.2) is 4.79 Å². The lowest BCUT2D eigenvalue weighted by Crippen LogP contribution is -2.31. The van der Waals surface area contributed by atoms with E-state index in [-0.39, 0.29) is 27.5 Å². The summed E-state index contributed by atoms with van der Waals surface area (Å²) in [6, 6.07) is 17.1. The summed E-state index contributed by atoms with van der Waals surface area (Å²) in [5.74, 6) is -2.44. The maximum atomic E-state index is 12.9. The number of amides is 2.